The van der Waals surface area contributed by atoms with Gasteiger partial charge in [-0.25, -0.2) is 0 Å². The van der Waals surface area contributed by atoms with E-state index >= 15 is 0 Å². The summed E-state index contributed by atoms with van der Waals surface area (Å²) in [6.07, 6.45) is 0. The number of rotatable bonds is 2. The zero-order valence-corrected chi connectivity index (χ0v) is 5.95. The maximum atomic E-state index is 8.17. The van der Waals surface area contributed by atoms with Crippen molar-refractivity contribution in [2.75, 3.05) is 13.2 Å². The van der Waals surface area contributed by atoms with Crippen LogP contribution in [0.5, 0.6) is 0 Å². The molecule has 0 aliphatic carbocycles. The van der Waals surface area contributed by atoms with Crippen molar-refractivity contribution in [3.63, 3.8) is 0 Å². The molecule has 0 aliphatic heterocycles. The quantitative estimate of drug-likeness (QED) is 0.510. The molecule has 0 amide bonds. The summed E-state index contributed by atoms with van der Waals surface area (Å²) in [6, 6.07) is 0. The molecule has 0 aromatic rings. The Morgan fingerprint density at radius 2 is 1.57 bits per heavy atom. The Labute approximate surface area is 58.4 Å². The fourth-order valence-corrected chi connectivity index (χ4v) is 0.0577. The molecule has 0 spiro atoms. The minimum Gasteiger partial charge on any atom is -0.396 e. The number of aliphatic hydroxyl groups excluding tert-OH is 2. The summed E-state index contributed by atoms with van der Waals surface area (Å²) in [5.41, 5.74) is 0. The van der Waals surface area contributed by atoms with Gasteiger partial charge in [-0.15, -0.1) is 0 Å². The molecule has 0 fully saturated rings. The summed E-state index contributed by atoms with van der Waals surface area (Å²) in [5.74, 6) is 0.0463. The zero-order chi connectivity index (χ0) is 4.99. The van der Waals surface area contributed by atoms with Gasteiger partial charge in [-0.1, -0.05) is 6.92 Å². The molecule has 0 heterocycles. The van der Waals surface area contributed by atoms with E-state index in [2.05, 4.69) is 0 Å². The maximum Gasteiger partial charge on any atom is 0.0478 e. The molecule has 2 nitrogen and oxygen atoms in total. The van der Waals surface area contributed by atoms with Gasteiger partial charge in [0.05, 0.1) is 0 Å². The van der Waals surface area contributed by atoms with E-state index in [4.69, 9.17) is 10.2 Å². The molecule has 0 saturated carbocycles. The van der Waals surface area contributed by atoms with E-state index in [1.54, 1.807) is 6.92 Å². The van der Waals surface area contributed by atoms with Crippen molar-refractivity contribution < 1.29 is 31.9 Å². The Bertz CT molecular complexity index is 28.9. The van der Waals surface area contributed by atoms with Crippen molar-refractivity contribution in [3.8, 4) is 0 Å². The van der Waals surface area contributed by atoms with E-state index < -0.39 is 0 Å². The standard InChI is InChI=1S/C4H10O2.Ti/c1-4(2-5)3-6;/h4-6H,2-3H2,1H3;. The van der Waals surface area contributed by atoms with Crippen LogP contribution in [0.25, 0.3) is 0 Å². The Kier molecular flexibility index (Phi) is 10.0. The first kappa shape index (κ1) is 10.6. The van der Waals surface area contributed by atoms with Crippen molar-refractivity contribution in [3.05, 3.63) is 0 Å². The van der Waals surface area contributed by atoms with E-state index in [1.807, 2.05) is 0 Å². The van der Waals surface area contributed by atoms with E-state index in [-0.39, 0.29) is 40.8 Å². The van der Waals surface area contributed by atoms with E-state index in [0.29, 0.717) is 0 Å². The Balaban J connectivity index is 0. The van der Waals surface area contributed by atoms with Crippen LogP contribution in [0, 0.1) is 5.92 Å². The number of aliphatic hydroxyl groups is 2. The molecular weight excluding hydrogens is 128 g/mol. The second-order valence-electron chi connectivity index (χ2n) is 1.47. The monoisotopic (exact) mass is 138 g/mol. The average molecular weight is 138 g/mol. The molecule has 3 heteroatoms. The van der Waals surface area contributed by atoms with Crippen molar-refractivity contribution in [2.24, 2.45) is 5.92 Å². The third kappa shape index (κ3) is 6.63. The van der Waals surface area contributed by atoms with E-state index in [0.717, 1.165) is 0 Å². The van der Waals surface area contributed by atoms with Crippen molar-refractivity contribution in [1.82, 2.24) is 0 Å². The first-order valence-electron chi connectivity index (χ1n) is 2.03. The molecule has 0 atom stereocenters. The van der Waals surface area contributed by atoms with Crippen LogP contribution in [0.2, 0.25) is 0 Å². The molecule has 0 aliphatic rings. The van der Waals surface area contributed by atoms with Gasteiger partial charge in [0.1, 0.15) is 0 Å². The normalized spacial score (nSPS) is 8.57. The van der Waals surface area contributed by atoms with Crippen molar-refractivity contribution >= 4 is 0 Å². The number of hydrogen-bond acceptors (Lipinski definition) is 2. The second kappa shape index (κ2) is 6.63. The van der Waals surface area contributed by atoms with Gasteiger partial charge in [-0.3, -0.25) is 0 Å². The van der Waals surface area contributed by atoms with Crippen molar-refractivity contribution in [1.29, 1.82) is 0 Å². The summed E-state index contributed by atoms with van der Waals surface area (Å²) >= 11 is 0. The van der Waals surface area contributed by atoms with Crippen LogP contribution >= 0.6 is 0 Å². The minimum absolute atomic E-state index is 0. The van der Waals surface area contributed by atoms with Crippen molar-refractivity contribution in [2.45, 2.75) is 6.92 Å². The Morgan fingerprint density at radius 1 is 1.29 bits per heavy atom. The fraction of sp³-hybridized carbons (Fsp3) is 1.00. The summed E-state index contributed by atoms with van der Waals surface area (Å²) in [6.45, 7) is 1.94. The molecule has 0 rings (SSSR count). The van der Waals surface area contributed by atoms with Crippen LogP contribution in [-0.4, -0.2) is 23.4 Å². The van der Waals surface area contributed by atoms with Gasteiger partial charge in [-0.05, 0) is 0 Å². The first-order chi connectivity index (χ1) is 2.81. The Morgan fingerprint density at radius 3 is 1.57 bits per heavy atom. The molecule has 0 saturated heterocycles. The van der Waals surface area contributed by atoms with Gasteiger partial charge in [-0.2, -0.15) is 0 Å². The van der Waals surface area contributed by atoms with Gasteiger partial charge in [0, 0.05) is 40.8 Å². The predicted molar refractivity (Wildman–Crippen MR) is 23.3 cm³/mol. The predicted octanol–water partition coefficient (Wildman–Crippen LogP) is -0.395. The topological polar surface area (TPSA) is 40.5 Å². The summed E-state index contributed by atoms with van der Waals surface area (Å²) in [7, 11) is 0. The van der Waals surface area contributed by atoms with Gasteiger partial charge in [0.2, 0.25) is 0 Å². The number of hydrogen-bond donors (Lipinski definition) is 2. The molecule has 0 aromatic heterocycles. The van der Waals surface area contributed by atoms with Gasteiger partial charge < -0.3 is 10.2 Å². The summed E-state index contributed by atoms with van der Waals surface area (Å²) < 4.78 is 0. The van der Waals surface area contributed by atoms with E-state index in [9.17, 15) is 0 Å². The van der Waals surface area contributed by atoms with Crippen LogP contribution in [0.15, 0.2) is 0 Å². The molecule has 0 radical (unpaired) electrons. The third-order valence-electron chi connectivity index (χ3n) is 0.623. The average Bonchev–Trinajstić information content (AvgIpc) is 1.65. The summed E-state index contributed by atoms with van der Waals surface area (Å²) in [5, 5.41) is 16.3. The van der Waals surface area contributed by atoms with Crippen LogP contribution in [0.3, 0.4) is 0 Å². The van der Waals surface area contributed by atoms with Gasteiger partial charge in [0.15, 0.2) is 0 Å². The summed E-state index contributed by atoms with van der Waals surface area (Å²) in [4.78, 5) is 0. The molecule has 0 aromatic carbocycles. The van der Waals surface area contributed by atoms with Gasteiger partial charge >= 0.3 is 0 Å². The van der Waals surface area contributed by atoms with Gasteiger partial charge in [0.25, 0.3) is 0 Å². The fourth-order valence-electron chi connectivity index (χ4n) is 0.0577. The largest absolute Gasteiger partial charge is 0.396 e. The molecule has 2 N–H and O–H groups in total. The Hall–Kier alpha value is 0.634. The first-order valence-corrected chi connectivity index (χ1v) is 2.03. The zero-order valence-electron chi connectivity index (χ0n) is 4.39. The van der Waals surface area contributed by atoms with Crippen LogP contribution < -0.4 is 0 Å². The molecule has 42 valence electrons. The smallest absolute Gasteiger partial charge is 0.0478 e. The molecule has 7 heavy (non-hydrogen) atoms. The van der Waals surface area contributed by atoms with Crippen LogP contribution in [-0.2, 0) is 21.7 Å². The molecule has 0 unspecified atom stereocenters. The maximum absolute atomic E-state index is 8.17. The SMILES string of the molecule is CC(CO)CO.[Ti]. The molecular formula is C4H10O2Ti. The second-order valence-corrected chi connectivity index (χ2v) is 1.47. The van der Waals surface area contributed by atoms with E-state index in [1.165, 1.54) is 0 Å². The van der Waals surface area contributed by atoms with Crippen LogP contribution in [0.4, 0.5) is 0 Å². The molecule has 0 bridgehead atoms. The van der Waals surface area contributed by atoms with Crippen LogP contribution in [0.1, 0.15) is 6.92 Å². The minimum atomic E-state index is 0. The third-order valence-corrected chi connectivity index (χ3v) is 0.623.